The van der Waals surface area contributed by atoms with E-state index < -0.39 is 30.5 Å². The Morgan fingerprint density at radius 2 is 1.02 bits per heavy atom. The fourth-order valence-electron chi connectivity index (χ4n) is 5.89. The van der Waals surface area contributed by atoms with Gasteiger partial charge in [0, 0.05) is 16.1 Å². The van der Waals surface area contributed by atoms with E-state index in [1.807, 2.05) is 121 Å². The summed E-state index contributed by atoms with van der Waals surface area (Å²) < 4.78 is 33.5. The maximum absolute atomic E-state index is 11.9. The Kier molecular flexibility index (Phi) is 12.2. The minimum absolute atomic E-state index is 0.229. The van der Waals surface area contributed by atoms with Crippen molar-refractivity contribution in [1.29, 1.82) is 0 Å². The quantitative estimate of drug-likeness (QED) is 0.105. The van der Waals surface area contributed by atoms with Crippen LogP contribution < -0.4 is 0 Å². The first-order valence-electron chi connectivity index (χ1n) is 16.2. The molecule has 0 unspecified atom stereocenters. The highest BCUT2D eigenvalue weighted by atomic mass is 35.5. The topological polar surface area (TPSA) is 63.2 Å². The van der Waals surface area contributed by atoms with Crippen LogP contribution in [0.4, 0.5) is 0 Å². The van der Waals surface area contributed by atoms with E-state index in [9.17, 15) is 4.79 Å². The van der Waals surface area contributed by atoms with Crippen molar-refractivity contribution in [3.8, 4) is 0 Å². The summed E-state index contributed by atoms with van der Waals surface area (Å²) in [5.41, 5.74) is 5.22. The minimum Gasteiger partial charge on any atom is -0.374 e. The van der Waals surface area contributed by atoms with Gasteiger partial charge in [-0.2, -0.15) is 0 Å². The molecule has 0 saturated carbocycles. The zero-order valence-corrected chi connectivity index (χ0v) is 27.4. The van der Waals surface area contributed by atoms with Crippen molar-refractivity contribution in [2.45, 2.75) is 56.9 Å². The molecule has 0 N–H and O–H groups in total. The summed E-state index contributed by atoms with van der Waals surface area (Å²) in [7, 11) is 0. The largest absolute Gasteiger partial charge is 0.374 e. The Morgan fingerprint density at radius 1 is 0.562 bits per heavy atom. The van der Waals surface area contributed by atoms with E-state index in [1.165, 1.54) is 0 Å². The zero-order chi connectivity index (χ0) is 33.0. The molecule has 0 spiro atoms. The molecular weight excluding hydrogens is 624 g/mol. The van der Waals surface area contributed by atoms with Crippen LogP contribution in [-0.2, 0) is 50.1 Å². The molecule has 1 saturated heterocycles. The first-order valence-corrected chi connectivity index (χ1v) is 16.5. The Labute approximate surface area is 287 Å². The van der Waals surface area contributed by atoms with E-state index in [2.05, 4.69) is 0 Å². The fraction of sp³-hybridized carbons (Fsp3) is 0.244. The standard InChI is InChI=1S/C41H39ClO6/c42-36-22-21-34(24-43)23-35(36)38-40(46-27-32-17-9-3-10-18-32)41(47-28-33-19-11-4-12-20-33)39(45-26-31-15-7-2-8-16-31)37(48-38)29-44-25-30-13-5-1-6-14-30/h1-24,37-41H,25-29H2/t37-,38+,39-,40+,41+/m1/s1. The van der Waals surface area contributed by atoms with Gasteiger partial charge in [0.25, 0.3) is 0 Å². The molecule has 0 aromatic heterocycles. The summed E-state index contributed by atoms with van der Waals surface area (Å²) in [5, 5.41) is 0.466. The number of hydrogen-bond acceptors (Lipinski definition) is 6. The average molecular weight is 663 g/mol. The Morgan fingerprint density at radius 3 is 1.52 bits per heavy atom. The number of ether oxygens (including phenoxy) is 5. The van der Waals surface area contributed by atoms with Crippen LogP contribution >= 0.6 is 11.6 Å². The summed E-state index contributed by atoms with van der Waals surface area (Å²) in [4.78, 5) is 11.9. The van der Waals surface area contributed by atoms with E-state index in [4.69, 9.17) is 35.3 Å². The Bertz CT molecular complexity index is 1690. The van der Waals surface area contributed by atoms with Crippen molar-refractivity contribution >= 4 is 17.9 Å². The zero-order valence-electron chi connectivity index (χ0n) is 26.6. The van der Waals surface area contributed by atoms with Gasteiger partial charge < -0.3 is 23.7 Å². The van der Waals surface area contributed by atoms with Crippen molar-refractivity contribution in [2.75, 3.05) is 6.61 Å². The van der Waals surface area contributed by atoms with Gasteiger partial charge in [0.15, 0.2) is 0 Å². The maximum Gasteiger partial charge on any atom is 0.150 e. The molecule has 5 atom stereocenters. The number of hydrogen-bond donors (Lipinski definition) is 0. The highest BCUT2D eigenvalue weighted by Gasteiger charge is 2.49. The van der Waals surface area contributed by atoms with Crippen molar-refractivity contribution in [1.82, 2.24) is 0 Å². The molecule has 6 rings (SSSR count). The van der Waals surface area contributed by atoms with Crippen molar-refractivity contribution in [2.24, 2.45) is 0 Å². The van der Waals surface area contributed by atoms with E-state index in [-0.39, 0.29) is 6.61 Å². The highest BCUT2D eigenvalue weighted by Crippen LogP contribution is 2.41. The van der Waals surface area contributed by atoms with Crippen molar-refractivity contribution in [3.63, 3.8) is 0 Å². The molecule has 0 amide bonds. The van der Waals surface area contributed by atoms with Gasteiger partial charge in [-0.15, -0.1) is 0 Å². The lowest BCUT2D eigenvalue weighted by Crippen LogP contribution is -2.58. The van der Waals surface area contributed by atoms with Crippen LogP contribution in [0.25, 0.3) is 0 Å². The first kappa shape index (κ1) is 33.7. The molecule has 5 aromatic rings. The second kappa shape index (κ2) is 17.3. The van der Waals surface area contributed by atoms with Crippen LogP contribution in [0, 0.1) is 0 Å². The van der Waals surface area contributed by atoms with Gasteiger partial charge in [-0.3, -0.25) is 4.79 Å². The van der Waals surface area contributed by atoms with Gasteiger partial charge in [-0.1, -0.05) is 139 Å². The SMILES string of the molecule is O=Cc1ccc(Cl)c([C@@H]2O[C@H](COCc3ccccc3)[C@@H](OCc3ccccc3)[C@H](OCc3ccccc3)[C@H]2OCc2ccccc2)c1. The third-order valence-corrected chi connectivity index (χ3v) is 8.69. The lowest BCUT2D eigenvalue weighted by molar-refractivity contribution is -0.275. The average Bonchev–Trinajstić information content (AvgIpc) is 3.14. The van der Waals surface area contributed by atoms with E-state index in [1.54, 1.807) is 18.2 Å². The molecule has 1 fully saturated rings. The Balaban J connectivity index is 1.37. The maximum atomic E-state index is 11.9. The smallest absolute Gasteiger partial charge is 0.150 e. The fourth-order valence-corrected chi connectivity index (χ4v) is 6.12. The molecule has 246 valence electrons. The molecule has 1 aliphatic rings. The molecular formula is C41H39ClO6. The van der Waals surface area contributed by atoms with E-state index in [0.29, 0.717) is 42.6 Å². The summed E-state index contributed by atoms with van der Waals surface area (Å²) in [6.45, 7) is 1.61. The lowest BCUT2D eigenvalue weighted by atomic mass is 9.89. The van der Waals surface area contributed by atoms with Crippen LogP contribution in [0.2, 0.25) is 5.02 Å². The summed E-state index contributed by atoms with van der Waals surface area (Å²) >= 11 is 6.84. The van der Waals surface area contributed by atoms with Crippen molar-refractivity contribution < 1.29 is 28.5 Å². The normalized spacial score (nSPS) is 20.7. The van der Waals surface area contributed by atoms with Crippen LogP contribution in [-0.4, -0.2) is 37.3 Å². The molecule has 6 nitrogen and oxygen atoms in total. The molecule has 1 aliphatic heterocycles. The van der Waals surface area contributed by atoms with E-state index >= 15 is 0 Å². The minimum atomic E-state index is -0.691. The third kappa shape index (κ3) is 9.05. The monoisotopic (exact) mass is 662 g/mol. The lowest BCUT2D eigenvalue weighted by Gasteiger charge is -2.46. The first-order chi connectivity index (χ1) is 23.7. The second-order valence-corrected chi connectivity index (χ2v) is 12.2. The number of carbonyl (C=O) groups excluding carboxylic acids is 1. The molecule has 0 bridgehead atoms. The summed E-state index contributed by atoms with van der Waals surface area (Å²) in [5.74, 6) is 0. The molecule has 48 heavy (non-hydrogen) atoms. The number of benzene rings is 5. The third-order valence-electron chi connectivity index (χ3n) is 8.35. The van der Waals surface area contributed by atoms with Gasteiger partial charge in [-0.05, 0) is 34.4 Å². The van der Waals surface area contributed by atoms with Gasteiger partial charge in [0.2, 0.25) is 0 Å². The number of carbonyl (C=O) groups is 1. The van der Waals surface area contributed by atoms with Crippen LogP contribution in [0.1, 0.15) is 44.3 Å². The Hall–Kier alpha value is -4.14. The molecule has 5 aromatic carbocycles. The highest BCUT2D eigenvalue weighted by molar-refractivity contribution is 6.31. The molecule has 7 heteroatoms. The summed E-state index contributed by atoms with van der Waals surface area (Å²) in [6, 6.07) is 45.2. The van der Waals surface area contributed by atoms with Gasteiger partial charge in [-0.25, -0.2) is 0 Å². The van der Waals surface area contributed by atoms with Crippen LogP contribution in [0.5, 0.6) is 0 Å². The molecule has 0 aliphatic carbocycles. The van der Waals surface area contributed by atoms with Crippen molar-refractivity contribution in [3.05, 3.63) is 178 Å². The van der Waals surface area contributed by atoms with Gasteiger partial charge in [0.1, 0.15) is 36.8 Å². The molecule has 0 radical (unpaired) electrons. The van der Waals surface area contributed by atoms with Gasteiger partial charge >= 0.3 is 0 Å². The predicted molar refractivity (Wildman–Crippen MR) is 186 cm³/mol. The number of halogens is 1. The number of aldehydes is 1. The van der Waals surface area contributed by atoms with E-state index in [0.717, 1.165) is 28.5 Å². The number of rotatable bonds is 15. The predicted octanol–water partition coefficient (Wildman–Crippen LogP) is 8.57. The molecule has 1 heterocycles. The van der Waals surface area contributed by atoms with Gasteiger partial charge in [0.05, 0.1) is 33.0 Å². The van der Waals surface area contributed by atoms with Crippen LogP contribution in [0.3, 0.4) is 0 Å². The summed E-state index contributed by atoms with van der Waals surface area (Å²) in [6.07, 6.45) is -2.27. The second-order valence-electron chi connectivity index (χ2n) is 11.8. The van der Waals surface area contributed by atoms with Crippen LogP contribution in [0.15, 0.2) is 140 Å².